The number of rotatable bonds is 8. The van der Waals surface area contributed by atoms with Crippen LogP contribution in [0.15, 0.2) is 0 Å². The van der Waals surface area contributed by atoms with E-state index in [4.69, 9.17) is 4.74 Å². The van der Waals surface area contributed by atoms with Crippen molar-refractivity contribution in [2.24, 2.45) is 5.92 Å². The molecule has 1 aliphatic carbocycles. The highest BCUT2D eigenvalue weighted by atomic mass is 16.5. The van der Waals surface area contributed by atoms with Crippen molar-refractivity contribution in [3.05, 3.63) is 0 Å². The molecule has 0 heterocycles. The van der Waals surface area contributed by atoms with Crippen LogP contribution in [-0.4, -0.2) is 49.8 Å². The monoisotopic (exact) mass is 267 g/mol. The summed E-state index contributed by atoms with van der Waals surface area (Å²) in [5, 5.41) is 12.8. The lowest BCUT2D eigenvalue weighted by atomic mass is 9.99. The number of hydrogen-bond acceptors (Lipinski definition) is 4. The highest BCUT2D eigenvalue weighted by molar-refractivity contribution is 5.13. The molecule has 0 radical (unpaired) electrons. The van der Waals surface area contributed by atoms with Crippen LogP contribution in [-0.2, 0) is 4.74 Å². The highest BCUT2D eigenvalue weighted by Gasteiger charge is 2.40. The van der Waals surface area contributed by atoms with Crippen LogP contribution < -0.4 is 5.32 Å². The number of ether oxygens (including phenoxy) is 1. The lowest BCUT2D eigenvalue weighted by molar-refractivity contribution is 0.109. The molecular weight excluding hydrogens is 238 g/mol. The number of nitrogens with zero attached hydrogens (tertiary/aromatic N) is 2. The Hall–Kier alpha value is -0.630. The van der Waals surface area contributed by atoms with Crippen molar-refractivity contribution in [1.82, 2.24) is 10.2 Å². The molecule has 1 aliphatic rings. The lowest BCUT2D eigenvalue weighted by Gasteiger charge is -2.31. The summed E-state index contributed by atoms with van der Waals surface area (Å²) in [5.74, 6) is 0.646. The molecule has 19 heavy (non-hydrogen) atoms. The molecule has 0 saturated heterocycles. The van der Waals surface area contributed by atoms with E-state index < -0.39 is 0 Å². The average molecular weight is 267 g/mol. The zero-order chi connectivity index (χ0) is 14.3. The van der Waals surface area contributed by atoms with Gasteiger partial charge in [-0.25, -0.2) is 0 Å². The number of hydrogen-bond donors (Lipinski definition) is 1. The molecule has 2 atom stereocenters. The summed E-state index contributed by atoms with van der Waals surface area (Å²) in [5.41, 5.74) is -0.304. The van der Waals surface area contributed by atoms with Crippen molar-refractivity contribution in [2.75, 3.05) is 33.4 Å². The van der Waals surface area contributed by atoms with E-state index >= 15 is 0 Å². The Bertz CT molecular complexity index is 300. The maximum atomic E-state index is 9.45. The first-order valence-electron chi connectivity index (χ1n) is 7.46. The minimum Gasteiger partial charge on any atom is -0.383 e. The minimum atomic E-state index is -0.304. The smallest absolute Gasteiger partial charge is 0.108 e. The van der Waals surface area contributed by atoms with Gasteiger partial charge in [-0.3, -0.25) is 10.2 Å². The molecule has 0 aromatic carbocycles. The number of methoxy groups -OCH3 is 1. The van der Waals surface area contributed by atoms with Gasteiger partial charge in [-0.15, -0.1) is 0 Å². The molecule has 1 saturated carbocycles. The van der Waals surface area contributed by atoms with Gasteiger partial charge >= 0.3 is 0 Å². The Morgan fingerprint density at radius 1 is 1.53 bits per heavy atom. The molecule has 1 N–H and O–H groups in total. The molecule has 2 unspecified atom stereocenters. The number of nitriles is 1. The van der Waals surface area contributed by atoms with E-state index in [2.05, 4.69) is 37.1 Å². The van der Waals surface area contributed by atoms with Gasteiger partial charge in [0.1, 0.15) is 5.54 Å². The van der Waals surface area contributed by atoms with Crippen LogP contribution >= 0.6 is 0 Å². The molecular formula is C15H29N3O. The zero-order valence-corrected chi connectivity index (χ0v) is 12.9. The van der Waals surface area contributed by atoms with E-state index in [-0.39, 0.29) is 5.54 Å². The summed E-state index contributed by atoms with van der Waals surface area (Å²) in [6.07, 6.45) is 3.01. The lowest BCUT2D eigenvalue weighted by Crippen LogP contribution is -2.45. The quantitative estimate of drug-likeness (QED) is 0.731. The Morgan fingerprint density at radius 2 is 2.26 bits per heavy atom. The predicted octanol–water partition coefficient (Wildman–Crippen LogP) is 2.02. The first-order chi connectivity index (χ1) is 9.06. The first-order valence-corrected chi connectivity index (χ1v) is 7.46. The molecule has 0 amide bonds. The average Bonchev–Trinajstić information content (AvgIpc) is 2.79. The summed E-state index contributed by atoms with van der Waals surface area (Å²) < 4.78 is 5.22. The zero-order valence-electron chi connectivity index (χ0n) is 12.9. The Morgan fingerprint density at radius 3 is 2.79 bits per heavy atom. The number of nitrogens with one attached hydrogen (secondary N) is 1. The van der Waals surface area contributed by atoms with E-state index in [1.165, 1.54) is 0 Å². The first kappa shape index (κ1) is 16.4. The predicted molar refractivity (Wildman–Crippen MR) is 77.9 cm³/mol. The van der Waals surface area contributed by atoms with Gasteiger partial charge in [0, 0.05) is 26.2 Å². The SMILES string of the molecule is CCNC1(C#N)CCC(N(CCOC)CC(C)C)C1. The summed E-state index contributed by atoms with van der Waals surface area (Å²) >= 11 is 0. The van der Waals surface area contributed by atoms with Crippen molar-refractivity contribution in [1.29, 1.82) is 5.26 Å². The second-order valence-corrected chi connectivity index (χ2v) is 6.00. The Labute approximate surface area is 118 Å². The van der Waals surface area contributed by atoms with Crippen molar-refractivity contribution in [3.8, 4) is 6.07 Å². The van der Waals surface area contributed by atoms with Gasteiger partial charge in [0.25, 0.3) is 0 Å². The van der Waals surface area contributed by atoms with Crippen LogP contribution in [0, 0.1) is 17.2 Å². The third-order valence-corrected chi connectivity index (χ3v) is 3.92. The normalized spacial score (nSPS) is 27.1. The molecule has 0 aliphatic heterocycles. The fourth-order valence-corrected chi connectivity index (χ4v) is 3.07. The third kappa shape index (κ3) is 4.76. The molecule has 0 bridgehead atoms. The van der Waals surface area contributed by atoms with E-state index in [1.54, 1.807) is 7.11 Å². The summed E-state index contributed by atoms with van der Waals surface area (Å²) in [7, 11) is 1.75. The maximum absolute atomic E-state index is 9.45. The second kappa shape index (κ2) is 7.84. The van der Waals surface area contributed by atoms with Gasteiger partial charge in [0.15, 0.2) is 0 Å². The van der Waals surface area contributed by atoms with Crippen LogP contribution in [0.2, 0.25) is 0 Å². The second-order valence-electron chi connectivity index (χ2n) is 6.00. The summed E-state index contributed by atoms with van der Waals surface area (Å²) in [6.45, 7) is 10.2. The largest absolute Gasteiger partial charge is 0.383 e. The fraction of sp³-hybridized carbons (Fsp3) is 0.933. The van der Waals surface area contributed by atoms with Gasteiger partial charge in [-0.1, -0.05) is 20.8 Å². The van der Waals surface area contributed by atoms with Gasteiger partial charge in [0.05, 0.1) is 12.7 Å². The van der Waals surface area contributed by atoms with Crippen molar-refractivity contribution >= 4 is 0 Å². The van der Waals surface area contributed by atoms with Crippen LogP contribution in [0.5, 0.6) is 0 Å². The highest BCUT2D eigenvalue weighted by Crippen LogP contribution is 2.33. The molecule has 1 rings (SSSR count). The standard InChI is InChI=1S/C15H29N3O/c1-5-17-15(12-16)7-6-14(10-15)18(8-9-19-4)11-13(2)3/h13-14,17H,5-11H2,1-4H3. The molecule has 1 fully saturated rings. The molecule has 0 aromatic rings. The van der Waals surface area contributed by atoms with Crippen molar-refractivity contribution < 1.29 is 4.74 Å². The van der Waals surface area contributed by atoms with Crippen LogP contribution in [0.1, 0.15) is 40.0 Å². The van der Waals surface area contributed by atoms with E-state index in [9.17, 15) is 5.26 Å². The third-order valence-electron chi connectivity index (χ3n) is 3.92. The van der Waals surface area contributed by atoms with Crippen LogP contribution in [0.25, 0.3) is 0 Å². The molecule has 0 aromatic heterocycles. The van der Waals surface area contributed by atoms with Crippen LogP contribution in [0.4, 0.5) is 0 Å². The van der Waals surface area contributed by atoms with Crippen molar-refractivity contribution in [2.45, 2.75) is 51.6 Å². The van der Waals surface area contributed by atoms with E-state index in [0.717, 1.165) is 45.5 Å². The Kier molecular flexibility index (Phi) is 6.78. The van der Waals surface area contributed by atoms with Gasteiger partial charge in [-0.05, 0) is 31.7 Å². The molecule has 4 heteroatoms. The fourth-order valence-electron chi connectivity index (χ4n) is 3.07. The van der Waals surface area contributed by atoms with Gasteiger partial charge in [0.2, 0.25) is 0 Å². The Balaban J connectivity index is 2.63. The van der Waals surface area contributed by atoms with Crippen molar-refractivity contribution in [3.63, 3.8) is 0 Å². The summed E-state index contributed by atoms with van der Waals surface area (Å²) in [6, 6.07) is 3.01. The van der Waals surface area contributed by atoms with Gasteiger partial charge < -0.3 is 4.74 Å². The molecule has 110 valence electrons. The van der Waals surface area contributed by atoms with E-state index in [0.29, 0.717) is 12.0 Å². The molecule has 0 spiro atoms. The van der Waals surface area contributed by atoms with Gasteiger partial charge in [-0.2, -0.15) is 5.26 Å². The minimum absolute atomic E-state index is 0.304. The van der Waals surface area contributed by atoms with Crippen LogP contribution in [0.3, 0.4) is 0 Å². The topological polar surface area (TPSA) is 48.3 Å². The molecule has 4 nitrogen and oxygen atoms in total. The summed E-state index contributed by atoms with van der Waals surface area (Å²) in [4.78, 5) is 2.50. The van der Waals surface area contributed by atoms with E-state index in [1.807, 2.05) is 0 Å². The maximum Gasteiger partial charge on any atom is 0.108 e.